The van der Waals surface area contributed by atoms with Crippen molar-refractivity contribution in [2.45, 2.75) is 18.9 Å². The first-order valence-electron chi connectivity index (χ1n) is 5.09. The maximum absolute atomic E-state index is 11.8. The van der Waals surface area contributed by atoms with E-state index in [0.29, 0.717) is 0 Å². The maximum atomic E-state index is 11.8. The summed E-state index contributed by atoms with van der Waals surface area (Å²) in [5.41, 5.74) is -0.254. The van der Waals surface area contributed by atoms with Crippen LogP contribution in [0.5, 0.6) is 0 Å². The van der Waals surface area contributed by atoms with Crippen molar-refractivity contribution in [3.05, 3.63) is 22.7 Å². The van der Waals surface area contributed by atoms with E-state index in [1.807, 2.05) is 0 Å². The summed E-state index contributed by atoms with van der Waals surface area (Å²) in [5.74, 6) is -0.713. The Balaban J connectivity index is 2.34. The van der Waals surface area contributed by atoms with Crippen LogP contribution >= 0.6 is 0 Å². The lowest BCUT2D eigenvalue weighted by Gasteiger charge is -2.20. The number of rotatable bonds is 4. The van der Waals surface area contributed by atoms with Gasteiger partial charge in [0.05, 0.1) is 0 Å². The summed E-state index contributed by atoms with van der Waals surface area (Å²) >= 11 is 0. The second kappa shape index (κ2) is 3.96. The van der Waals surface area contributed by atoms with Crippen LogP contribution in [0, 0.1) is 0 Å². The summed E-state index contributed by atoms with van der Waals surface area (Å²) in [6, 6.07) is 0.152. The summed E-state index contributed by atoms with van der Waals surface area (Å²) in [6.45, 7) is -0.170. The first-order chi connectivity index (χ1) is 7.59. The Labute approximate surface area is 92.1 Å². The molecule has 0 atom stereocenters. The molecule has 1 aromatic rings. The van der Waals surface area contributed by atoms with Crippen LogP contribution in [0.4, 0.5) is 5.82 Å². The molecule has 1 saturated carbocycles. The van der Waals surface area contributed by atoms with Crippen molar-refractivity contribution in [2.75, 3.05) is 11.4 Å². The number of aromatic nitrogens is 2. The Morgan fingerprint density at radius 2 is 2.38 bits per heavy atom. The largest absolute Gasteiger partial charge is 0.480 e. The molecule has 0 saturated heterocycles. The highest BCUT2D eigenvalue weighted by molar-refractivity contribution is 5.73. The van der Waals surface area contributed by atoms with Gasteiger partial charge in [-0.15, -0.1) is 0 Å². The average molecular weight is 223 g/mol. The number of hydrogen-bond acceptors (Lipinski definition) is 4. The van der Waals surface area contributed by atoms with Crippen molar-refractivity contribution in [1.82, 2.24) is 9.55 Å². The summed E-state index contributed by atoms with van der Waals surface area (Å²) in [7, 11) is 1.62. The quantitative estimate of drug-likeness (QED) is 0.767. The summed E-state index contributed by atoms with van der Waals surface area (Å²) in [4.78, 5) is 28.1. The maximum Gasteiger partial charge on any atom is 0.323 e. The summed E-state index contributed by atoms with van der Waals surface area (Å²) in [6.07, 6.45) is 4.91. The predicted molar refractivity (Wildman–Crippen MR) is 57.5 cm³/mol. The van der Waals surface area contributed by atoms with Gasteiger partial charge in [0, 0.05) is 25.5 Å². The van der Waals surface area contributed by atoms with Crippen LogP contribution in [0.15, 0.2) is 17.2 Å². The highest BCUT2D eigenvalue weighted by Gasteiger charge is 2.32. The number of hydrogen-bond donors (Lipinski definition) is 1. The van der Waals surface area contributed by atoms with E-state index in [1.165, 1.54) is 10.8 Å². The number of anilines is 1. The Morgan fingerprint density at radius 1 is 1.69 bits per heavy atom. The first kappa shape index (κ1) is 10.7. The fraction of sp³-hybridized carbons (Fsp3) is 0.500. The normalized spacial score (nSPS) is 14.8. The molecule has 0 bridgehead atoms. The molecule has 0 spiro atoms. The molecular formula is C10H13N3O3. The lowest BCUT2D eigenvalue weighted by molar-refractivity contribution is -0.135. The molecule has 0 aromatic carbocycles. The van der Waals surface area contributed by atoms with Gasteiger partial charge in [0.15, 0.2) is 5.82 Å². The topological polar surface area (TPSA) is 75.4 Å². The van der Waals surface area contributed by atoms with Gasteiger partial charge < -0.3 is 14.6 Å². The minimum absolute atomic E-state index is 0.152. The zero-order chi connectivity index (χ0) is 11.7. The zero-order valence-electron chi connectivity index (χ0n) is 8.96. The second-order valence-corrected chi connectivity index (χ2v) is 3.92. The standard InChI is InChI=1S/C10H13N3O3/c1-12-5-4-11-9(10(12)16)13(6-8(14)15)7-2-3-7/h4-5,7H,2-3,6H2,1H3,(H,14,15). The smallest absolute Gasteiger partial charge is 0.323 e. The van der Waals surface area contributed by atoms with E-state index in [4.69, 9.17) is 5.11 Å². The monoisotopic (exact) mass is 223 g/mol. The predicted octanol–water partition coefficient (Wildman–Crippen LogP) is -0.166. The van der Waals surface area contributed by atoms with Crippen molar-refractivity contribution in [3.63, 3.8) is 0 Å². The third-order valence-corrected chi connectivity index (χ3v) is 2.56. The fourth-order valence-corrected chi connectivity index (χ4v) is 1.59. The third-order valence-electron chi connectivity index (χ3n) is 2.56. The molecule has 2 rings (SSSR count). The van der Waals surface area contributed by atoms with Crippen LogP contribution in [0.2, 0.25) is 0 Å². The third kappa shape index (κ3) is 2.05. The Hall–Kier alpha value is -1.85. The number of carboxylic acid groups (broad SMARTS) is 1. The molecule has 16 heavy (non-hydrogen) atoms. The molecule has 6 nitrogen and oxygen atoms in total. The summed E-state index contributed by atoms with van der Waals surface area (Å²) in [5, 5.41) is 8.80. The molecule has 0 aliphatic heterocycles. The molecule has 1 aliphatic rings. The van der Waals surface area contributed by atoms with Gasteiger partial charge >= 0.3 is 5.97 Å². The molecular weight excluding hydrogens is 210 g/mol. The molecule has 6 heteroatoms. The van der Waals surface area contributed by atoms with E-state index in [9.17, 15) is 9.59 Å². The SMILES string of the molecule is Cn1ccnc(N(CC(=O)O)C2CC2)c1=O. The minimum Gasteiger partial charge on any atom is -0.480 e. The number of aryl methyl sites for hydroxylation is 1. The molecule has 86 valence electrons. The van der Waals surface area contributed by atoms with Crippen LogP contribution in [-0.4, -0.2) is 33.2 Å². The molecule has 1 aliphatic carbocycles. The van der Waals surface area contributed by atoms with E-state index in [0.717, 1.165) is 12.8 Å². The Morgan fingerprint density at radius 3 is 2.94 bits per heavy atom. The zero-order valence-corrected chi connectivity index (χ0v) is 8.96. The van der Waals surface area contributed by atoms with Gasteiger partial charge in [0.25, 0.3) is 5.56 Å². The van der Waals surface area contributed by atoms with Gasteiger partial charge in [-0.25, -0.2) is 4.98 Å². The molecule has 1 N–H and O–H groups in total. The number of carboxylic acids is 1. The van der Waals surface area contributed by atoms with Gasteiger partial charge in [0.1, 0.15) is 6.54 Å². The molecule has 0 radical (unpaired) electrons. The van der Waals surface area contributed by atoms with Gasteiger partial charge in [-0.3, -0.25) is 9.59 Å². The van der Waals surface area contributed by atoms with Gasteiger partial charge in [0.2, 0.25) is 0 Å². The Kier molecular flexibility index (Phi) is 2.64. The first-order valence-corrected chi connectivity index (χ1v) is 5.09. The van der Waals surface area contributed by atoms with Crippen LogP contribution in [0.1, 0.15) is 12.8 Å². The van der Waals surface area contributed by atoms with Crippen molar-refractivity contribution in [3.8, 4) is 0 Å². The fourth-order valence-electron chi connectivity index (χ4n) is 1.59. The van der Waals surface area contributed by atoms with Crippen LogP contribution < -0.4 is 10.5 Å². The van der Waals surface area contributed by atoms with Crippen molar-refractivity contribution >= 4 is 11.8 Å². The minimum atomic E-state index is -0.945. The van der Waals surface area contributed by atoms with Crippen molar-refractivity contribution in [1.29, 1.82) is 0 Å². The molecule has 0 unspecified atom stereocenters. The number of aliphatic carboxylic acids is 1. The van der Waals surface area contributed by atoms with Crippen LogP contribution in [0.3, 0.4) is 0 Å². The van der Waals surface area contributed by atoms with Gasteiger partial charge in [-0.2, -0.15) is 0 Å². The highest BCUT2D eigenvalue weighted by atomic mass is 16.4. The van der Waals surface area contributed by atoms with E-state index >= 15 is 0 Å². The molecule has 1 fully saturated rings. The van der Waals surface area contributed by atoms with Gasteiger partial charge in [-0.05, 0) is 12.8 Å². The van der Waals surface area contributed by atoms with Gasteiger partial charge in [-0.1, -0.05) is 0 Å². The van der Waals surface area contributed by atoms with E-state index in [2.05, 4.69) is 4.98 Å². The molecule has 1 aromatic heterocycles. The average Bonchev–Trinajstić information content (AvgIpc) is 3.02. The second-order valence-electron chi connectivity index (χ2n) is 3.92. The molecule has 1 heterocycles. The number of carbonyl (C=O) groups is 1. The Bertz CT molecular complexity index is 465. The summed E-state index contributed by atoms with van der Waals surface area (Å²) < 4.78 is 1.40. The lowest BCUT2D eigenvalue weighted by atomic mass is 10.4. The highest BCUT2D eigenvalue weighted by Crippen LogP contribution is 2.28. The van der Waals surface area contributed by atoms with E-state index in [-0.39, 0.29) is 24.0 Å². The number of nitrogens with zero attached hydrogens (tertiary/aromatic N) is 3. The lowest BCUT2D eigenvalue weighted by Crippen LogP contribution is -2.37. The van der Waals surface area contributed by atoms with Crippen LogP contribution in [0.25, 0.3) is 0 Å². The van der Waals surface area contributed by atoms with Crippen LogP contribution in [-0.2, 0) is 11.8 Å². The molecule has 0 amide bonds. The van der Waals surface area contributed by atoms with Crippen molar-refractivity contribution in [2.24, 2.45) is 7.05 Å². The van der Waals surface area contributed by atoms with E-state index < -0.39 is 5.97 Å². The van der Waals surface area contributed by atoms with E-state index in [1.54, 1.807) is 18.1 Å². The van der Waals surface area contributed by atoms with Crippen molar-refractivity contribution < 1.29 is 9.90 Å².